The number of carbonyl (C=O) groups excluding carboxylic acids is 1. The first-order valence-electron chi connectivity index (χ1n) is 2.86. The molecule has 1 rings (SSSR count). The van der Waals surface area contributed by atoms with Crippen molar-refractivity contribution in [2.75, 3.05) is 0 Å². The summed E-state index contributed by atoms with van der Waals surface area (Å²) in [6.07, 6.45) is 0. The van der Waals surface area contributed by atoms with Crippen LogP contribution in [0.3, 0.4) is 0 Å². The molecule has 0 saturated carbocycles. The van der Waals surface area contributed by atoms with Gasteiger partial charge in [-0.2, -0.15) is 0 Å². The van der Waals surface area contributed by atoms with Crippen LogP contribution < -0.4 is 4.74 Å². The van der Waals surface area contributed by atoms with Crippen molar-refractivity contribution in [1.29, 1.82) is 0 Å². The van der Waals surface area contributed by atoms with Crippen LogP contribution in [0, 0.1) is 0 Å². The number of benzene rings is 1. The number of carbonyl (C=O) groups is 1. The van der Waals surface area contributed by atoms with Crippen LogP contribution in [0.25, 0.3) is 0 Å². The molecular formula is C7H6O4. The molecule has 0 spiro atoms. The van der Waals surface area contributed by atoms with Gasteiger partial charge in [0.1, 0.15) is 5.75 Å². The average molecular weight is 154 g/mol. The quantitative estimate of drug-likeness (QED) is 0.484. The lowest BCUT2D eigenvalue weighted by molar-refractivity contribution is -0.120. The molecule has 2 N–H and O–H groups in total. The Kier molecular flexibility index (Phi) is 1.96. The monoisotopic (exact) mass is 154 g/mol. The third kappa shape index (κ3) is 1.61. The van der Waals surface area contributed by atoms with Crippen LogP contribution in [0.2, 0.25) is 0 Å². The van der Waals surface area contributed by atoms with Gasteiger partial charge in [-0.1, -0.05) is 0 Å². The normalized spacial score (nSPS) is 9.09. The first-order valence-corrected chi connectivity index (χ1v) is 2.86. The minimum Gasteiger partial charge on any atom is -0.508 e. The van der Waals surface area contributed by atoms with Crippen molar-refractivity contribution in [3.63, 3.8) is 0 Å². The number of aromatic hydroxyl groups is 2. The van der Waals surface area contributed by atoms with Gasteiger partial charge in [-0.3, -0.25) is 4.79 Å². The SMILES string of the molecule is O=COc1cc(O)ccc1O. The van der Waals surface area contributed by atoms with Gasteiger partial charge in [-0.25, -0.2) is 0 Å². The zero-order valence-corrected chi connectivity index (χ0v) is 5.52. The van der Waals surface area contributed by atoms with Crippen molar-refractivity contribution in [2.24, 2.45) is 0 Å². The van der Waals surface area contributed by atoms with Crippen molar-refractivity contribution < 1.29 is 19.7 Å². The molecule has 0 aliphatic carbocycles. The standard InChI is InChI=1S/C7H6O4/c8-4-11-7-3-5(9)1-2-6(7)10/h1-4,9-10H. The van der Waals surface area contributed by atoms with Crippen LogP contribution >= 0.6 is 0 Å². The van der Waals surface area contributed by atoms with Gasteiger partial charge in [-0.15, -0.1) is 0 Å². The fourth-order valence-corrected chi connectivity index (χ4v) is 0.649. The smallest absolute Gasteiger partial charge is 0.298 e. The zero-order valence-electron chi connectivity index (χ0n) is 5.52. The van der Waals surface area contributed by atoms with E-state index in [1.807, 2.05) is 0 Å². The predicted molar refractivity (Wildman–Crippen MR) is 36.5 cm³/mol. The summed E-state index contributed by atoms with van der Waals surface area (Å²) < 4.78 is 4.33. The summed E-state index contributed by atoms with van der Waals surface area (Å²) >= 11 is 0. The molecule has 0 unspecified atom stereocenters. The number of rotatable bonds is 2. The lowest BCUT2D eigenvalue weighted by Gasteiger charge is -2.00. The number of hydrogen-bond donors (Lipinski definition) is 2. The second-order valence-electron chi connectivity index (χ2n) is 1.87. The Morgan fingerprint density at radius 1 is 1.36 bits per heavy atom. The van der Waals surface area contributed by atoms with Gasteiger partial charge in [0.2, 0.25) is 0 Å². The molecule has 4 nitrogen and oxygen atoms in total. The molecule has 0 amide bonds. The maximum absolute atomic E-state index is 9.82. The Bertz CT molecular complexity index is 269. The van der Waals surface area contributed by atoms with Crippen LogP contribution in [-0.2, 0) is 4.79 Å². The van der Waals surface area contributed by atoms with Crippen LogP contribution in [-0.4, -0.2) is 16.7 Å². The summed E-state index contributed by atoms with van der Waals surface area (Å²) in [5.41, 5.74) is 0. The molecule has 58 valence electrons. The van der Waals surface area contributed by atoms with Gasteiger partial charge in [0, 0.05) is 6.07 Å². The maximum Gasteiger partial charge on any atom is 0.298 e. The number of ether oxygens (including phenoxy) is 1. The van der Waals surface area contributed by atoms with Crippen molar-refractivity contribution in [1.82, 2.24) is 0 Å². The fraction of sp³-hybridized carbons (Fsp3) is 0. The second kappa shape index (κ2) is 2.92. The summed E-state index contributed by atoms with van der Waals surface area (Å²) in [6.45, 7) is 0.175. The summed E-state index contributed by atoms with van der Waals surface area (Å²) in [4.78, 5) is 9.82. The van der Waals surface area contributed by atoms with Crippen LogP contribution in [0.15, 0.2) is 18.2 Å². The lowest BCUT2D eigenvalue weighted by atomic mass is 10.3. The lowest BCUT2D eigenvalue weighted by Crippen LogP contribution is -1.87. The molecule has 0 fully saturated rings. The van der Waals surface area contributed by atoms with Crippen molar-refractivity contribution in [3.8, 4) is 17.2 Å². The van der Waals surface area contributed by atoms with E-state index < -0.39 is 0 Å². The van der Waals surface area contributed by atoms with Gasteiger partial charge in [0.05, 0.1) is 0 Å². The van der Waals surface area contributed by atoms with E-state index in [9.17, 15) is 4.79 Å². The molecular weight excluding hydrogens is 148 g/mol. The molecule has 0 atom stereocenters. The Morgan fingerprint density at radius 3 is 2.73 bits per heavy atom. The summed E-state index contributed by atoms with van der Waals surface area (Å²) in [6, 6.07) is 3.66. The molecule has 0 aromatic heterocycles. The Labute approximate surface area is 62.7 Å². The Hall–Kier alpha value is -1.71. The number of phenols is 2. The molecule has 1 aromatic carbocycles. The second-order valence-corrected chi connectivity index (χ2v) is 1.87. The third-order valence-corrected chi connectivity index (χ3v) is 1.12. The molecule has 0 bridgehead atoms. The maximum atomic E-state index is 9.82. The highest BCUT2D eigenvalue weighted by atomic mass is 16.5. The number of hydrogen-bond acceptors (Lipinski definition) is 4. The number of phenolic OH excluding ortho intramolecular Hbond substituents is 2. The zero-order chi connectivity index (χ0) is 8.27. The third-order valence-electron chi connectivity index (χ3n) is 1.12. The van der Waals surface area contributed by atoms with Gasteiger partial charge < -0.3 is 14.9 Å². The minimum absolute atomic E-state index is 0.0556. The van der Waals surface area contributed by atoms with Crippen molar-refractivity contribution >= 4 is 6.47 Å². The first kappa shape index (κ1) is 7.40. The van der Waals surface area contributed by atoms with E-state index in [0.29, 0.717) is 0 Å². The molecule has 0 radical (unpaired) electrons. The van der Waals surface area contributed by atoms with Gasteiger partial charge in [0.15, 0.2) is 11.5 Å². The summed E-state index contributed by atoms with van der Waals surface area (Å²) in [5, 5.41) is 17.8. The molecule has 4 heteroatoms. The van der Waals surface area contributed by atoms with Crippen LogP contribution in [0.4, 0.5) is 0 Å². The average Bonchev–Trinajstić information content (AvgIpc) is 1.98. The highest BCUT2D eigenvalue weighted by molar-refractivity contribution is 5.52. The molecule has 1 aromatic rings. The van der Waals surface area contributed by atoms with Crippen LogP contribution in [0.1, 0.15) is 0 Å². The van der Waals surface area contributed by atoms with E-state index in [0.717, 1.165) is 6.07 Å². The van der Waals surface area contributed by atoms with E-state index >= 15 is 0 Å². The van der Waals surface area contributed by atoms with Gasteiger partial charge in [-0.05, 0) is 12.1 Å². The van der Waals surface area contributed by atoms with Crippen molar-refractivity contribution in [3.05, 3.63) is 18.2 Å². The predicted octanol–water partition coefficient (Wildman–Crippen LogP) is 0.633. The summed E-state index contributed by atoms with van der Waals surface area (Å²) in [7, 11) is 0. The fourth-order valence-electron chi connectivity index (χ4n) is 0.649. The van der Waals surface area contributed by atoms with E-state index in [1.165, 1.54) is 12.1 Å². The Morgan fingerprint density at radius 2 is 2.09 bits per heavy atom. The van der Waals surface area contributed by atoms with E-state index in [1.54, 1.807) is 0 Å². The van der Waals surface area contributed by atoms with Gasteiger partial charge >= 0.3 is 0 Å². The Balaban J connectivity index is 3.01. The highest BCUT2D eigenvalue weighted by Gasteiger charge is 2.01. The first-order chi connectivity index (χ1) is 5.24. The molecule has 11 heavy (non-hydrogen) atoms. The van der Waals surface area contributed by atoms with Crippen LogP contribution in [0.5, 0.6) is 17.2 Å². The molecule has 0 aliphatic heterocycles. The molecule has 0 saturated heterocycles. The van der Waals surface area contributed by atoms with Crippen molar-refractivity contribution in [2.45, 2.75) is 0 Å². The molecule has 0 aliphatic rings. The van der Waals surface area contributed by atoms with E-state index in [-0.39, 0.29) is 23.7 Å². The largest absolute Gasteiger partial charge is 0.508 e. The van der Waals surface area contributed by atoms with E-state index in [4.69, 9.17) is 10.2 Å². The topological polar surface area (TPSA) is 66.8 Å². The highest BCUT2D eigenvalue weighted by Crippen LogP contribution is 2.28. The minimum atomic E-state index is -0.185. The summed E-state index contributed by atoms with van der Waals surface area (Å²) in [5.74, 6) is -0.311. The van der Waals surface area contributed by atoms with Gasteiger partial charge in [0.25, 0.3) is 6.47 Å². The van der Waals surface area contributed by atoms with E-state index in [2.05, 4.69) is 4.74 Å². The molecule has 0 heterocycles.